The zero-order valence-electron chi connectivity index (χ0n) is 40.3. The molecule has 0 amide bonds. The number of carbonyl (C=O) groups is 3. The normalized spacial score (nSPS) is 13.1. The van der Waals surface area contributed by atoms with Crippen LogP contribution in [0.3, 0.4) is 0 Å². The third-order valence-corrected chi connectivity index (χ3v) is 10.1. The van der Waals surface area contributed by atoms with E-state index in [1.807, 2.05) is 6.08 Å². The van der Waals surface area contributed by atoms with Crippen LogP contribution in [-0.2, 0) is 28.6 Å². The fourth-order valence-corrected chi connectivity index (χ4v) is 6.37. The van der Waals surface area contributed by atoms with Crippen LogP contribution >= 0.6 is 0 Å². The topological polar surface area (TPSA) is 78.9 Å². The first-order chi connectivity index (χ1) is 31.0. The molecule has 63 heavy (non-hydrogen) atoms. The number of rotatable bonds is 43. The van der Waals surface area contributed by atoms with Crippen molar-refractivity contribution in [3.8, 4) is 0 Å². The standard InChI is InChI=1S/C57H90O6/c1-4-7-10-13-16-19-22-25-26-27-28-29-30-33-35-38-41-44-47-50-56(59)62-53-54(63-57(60)51-48-45-42-39-36-32-24-21-18-15-12-9-6-3)52-61-55(58)49-46-43-40-37-34-31-23-20-17-14-11-8-5-2/h7-12,14-21,23-26,28-29,54H,4-6,13,22,27,30-53H2,1-3H3/b10-7+,11-8+,12-9+,17-14+,18-15+,19-16+,23-20+,24-21+,26-25+,29-28+. The van der Waals surface area contributed by atoms with Crippen molar-refractivity contribution < 1.29 is 28.6 Å². The third-order valence-electron chi connectivity index (χ3n) is 10.1. The zero-order valence-corrected chi connectivity index (χ0v) is 40.3. The molecule has 6 nitrogen and oxygen atoms in total. The fourth-order valence-electron chi connectivity index (χ4n) is 6.37. The van der Waals surface area contributed by atoms with Crippen LogP contribution < -0.4 is 0 Å². The van der Waals surface area contributed by atoms with Crippen molar-refractivity contribution in [3.05, 3.63) is 122 Å². The van der Waals surface area contributed by atoms with Gasteiger partial charge in [0.2, 0.25) is 0 Å². The van der Waals surface area contributed by atoms with Gasteiger partial charge in [-0.15, -0.1) is 0 Å². The van der Waals surface area contributed by atoms with Crippen LogP contribution in [-0.4, -0.2) is 37.2 Å². The lowest BCUT2D eigenvalue weighted by Gasteiger charge is -2.18. The summed E-state index contributed by atoms with van der Waals surface area (Å²) in [5.74, 6) is -0.969. The summed E-state index contributed by atoms with van der Waals surface area (Å²) >= 11 is 0. The predicted octanol–water partition coefficient (Wildman–Crippen LogP) is 16.5. The molecular weight excluding hydrogens is 781 g/mol. The highest BCUT2D eigenvalue weighted by Gasteiger charge is 2.19. The molecule has 1 unspecified atom stereocenters. The first kappa shape index (κ1) is 58.8. The van der Waals surface area contributed by atoms with Crippen molar-refractivity contribution in [1.29, 1.82) is 0 Å². The quantitative estimate of drug-likeness (QED) is 0.0200. The average molecular weight is 871 g/mol. The van der Waals surface area contributed by atoms with Crippen molar-refractivity contribution in [2.75, 3.05) is 13.2 Å². The highest BCUT2D eigenvalue weighted by atomic mass is 16.6. The summed E-state index contributed by atoms with van der Waals surface area (Å²) in [6.45, 7) is 6.19. The zero-order chi connectivity index (χ0) is 45.8. The van der Waals surface area contributed by atoms with E-state index < -0.39 is 6.10 Å². The number of esters is 3. The van der Waals surface area contributed by atoms with Gasteiger partial charge in [0.15, 0.2) is 6.10 Å². The van der Waals surface area contributed by atoms with Gasteiger partial charge in [-0.25, -0.2) is 0 Å². The summed E-state index contributed by atoms with van der Waals surface area (Å²) < 4.78 is 16.7. The van der Waals surface area contributed by atoms with Gasteiger partial charge in [0.1, 0.15) is 13.2 Å². The second-order valence-corrected chi connectivity index (χ2v) is 16.1. The van der Waals surface area contributed by atoms with Crippen molar-refractivity contribution in [2.24, 2.45) is 0 Å². The highest BCUT2D eigenvalue weighted by Crippen LogP contribution is 2.13. The molecule has 0 saturated heterocycles. The molecule has 0 fully saturated rings. The lowest BCUT2D eigenvalue weighted by Crippen LogP contribution is -2.30. The van der Waals surface area contributed by atoms with Gasteiger partial charge in [0, 0.05) is 19.3 Å². The molecule has 0 heterocycles. The fraction of sp³-hybridized carbons (Fsp3) is 0.596. The van der Waals surface area contributed by atoms with E-state index in [0.29, 0.717) is 19.3 Å². The van der Waals surface area contributed by atoms with Gasteiger partial charge in [-0.1, -0.05) is 206 Å². The Labute approximate surface area is 386 Å². The molecule has 0 aromatic carbocycles. The molecule has 354 valence electrons. The van der Waals surface area contributed by atoms with E-state index in [2.05, 4.69) is 136 Å². The Balaban J connectivity index is 4.46. The number of carbonyl (C=O) groups excluding carboxylic acids is 3. The summed E-state index contributed by atoms with van der Waals surface area (Å²) in [5.41, 5.74) is 0. The molecule has 0 aliphatic rings. The second kappa shape index (κ2) is 50.5. The molecule has 0 N–H and O–H groups in total. The lowest BCUT2D eigenvalue weighted by atomic mass is 10.1. The molecule has 0 saturated carbocycles. The van der Waals surface area contributed by atoms with E-state index in [9.17, 15) is 14.4 Å². The Morgan fingerprint density at radius 3 is 1.06 bits per heavy atom. The molecule has 0 aliphatic carbocycles. The SMILES string of the molecule is CC/C=C/C=C/C=C/CCCCCCCC(=O)OCC(COC(=O)CCCCCCCC/C=C/C/C=C/C/C=C/C/C=C/CC)OC(=O)CCCCCCC/C=C/C=C/C=C/CC. The third kappa shape index (κ3) is 48.7. The molecule has 0 aromatic heterocycles. The summed E-state index contributed by atoms with van der Waals surface area (Å²) in [4.78, 5) is 37.9. The van der Waals surface area contributed by atoms with Crippen molar-refractivity contribution in [2.45, 2.75) is 207 Å². The van der Waals surface area contributed by atoms with Gasteiger partial charge in [0.25, 0.3) is 0 Å². The maximum absolute atomic E-state index is 12.8. The Morgan fingerprint density at radius 1 is 0.333 bits per heavy atom. The van der Waals surface area contributed by atoms with Gasteiger partial charge in [-0.05, 0) is 96.3 Å². The van der Waals surface area contributed by atoms with Crippen LogP contribution in [0.15, 0.2) is 122 Å². The van der Waals surface area contributed by atoms with Gasteiger partial charge < -0.3 is 14.2 Å². The van der Waals surface area contributed by atoms with Gasteiger partial charge in [-0.2, -0.15) is 0 Å². The van der Waals surface area contributed by atoms with Crippen molar-refractivity contribution in [1.82, 2.24) is 0 Å². The minimum Gasteiger partial charge on any atom is -0.462 e. The molecule has 0 aromatic rings. The summed E-state index contributed by atoms with van der Waals surface area (Å²) in [6.07, 6.45) is 68.9. The van der Waals surface area contributed by atoms with Crippen LogP contribution in [0.25, 0.3) is 0 Å². The highest BCUT2D eigenvalue weighted by molar-refractivity contribution is 5.71. The van der Waals surface area contributed by atoms with E-state index in [-0.39, 0.29) is 31.1 Å². The summed E-state index contributed by atoms with van der Waals surface area (Å²) in [6, 6.07) is 0. The van der Waals surface area contributed by atoms with Gasteiger partial charge in [0.05, 0.1) is 0 Å². The first-order valence-corrected chi connectivity index (χ1v) is 25.1. The molecule has 0 rings (SSSR count). The lowest BCUT2D eigenvalue weighted by molar-refractivity contribution is -0.167. The maximum Gasteiger partial charge on any atom is 0.306 e. The molecule has 6 heteroatoms. The number of hydrogen-bond donors (Lipinski definition) is 0. The predicted molar refractivity (Wildman–Crippen MR) is 269 cm³/mol. The Bertz CT molecular complexity index is 1370. The molecule has 1 atom stereocenters. The minimum absolute atomic E-state index is 0.105. The number of unbranched alkanes of at least 4 members (excludes halogenated alkanes) is 16. The van der Waals surface area contributed by atoms with Crippen LogP contribution in [0.5, 0.6) is 0 Å². The van der Waals surface area contributed by atoms with E-state index >= 15 is 0 Å². The molecular formula is C57H90O6. The smallest absolute Gasteiger partial charge is 0.306 e. The van der Waals surface area contributed by atoms with E-state index in [4.69, 9.17) is 14.2 Å². The molecule has 0 radical (unpaired) electrons. The largest absolute Gasteiger partial charge is 0.462 e. The Morgan fingerprint density at radius 2 is 0.651 bits per heavy atom. The van der Waals surface area contributed by atoms with Crippen LogP contribution in [0, 0.1) is 0 Å². The van der Waals surface area contributed by atoms with E-state index in [0.717, 1.165) is 148 Å². The molecule has 0 bridgehead atoms. The monoisotopic (exact) mass is 871 g/mol. The van der Waals surface area contributed by atoms with Gasteiger partial charge >= 0.3 is 17.9 Å². The van der Waals surface area contributed by atoms with Crippen LogP contribution in [0.2, 0.25) is 0 Å². The van der Waals surface area contributed by atoms with Crippen molar-refractivity contribution >= 4 is 17.9 Å². The van der Waals surface area contributed by atoms with E-state index in [1.165, 1.54) is 12.8 Å². The van der Waals surface area contributed by atoms with Gasteiger partial charge in [-0.3, -0.25) is 14.4 Å². The maximum atomic E-state index is 12.8. The molecule has 0 aliphatic heterocycles. The van der Waals surface area contributed by atoms with Crippen LogP contribution in [0.1, 0.15) is 201 Å². The number of allylic oxidation sites excluding steroid dienone is 20. The summed E-state index contributed by atoms with van der Waals surface area (Å²) in [5, 5.41) is 0. The Kier molecular flexibility index (Phi) is 47.1. The van der Waals surface area contributed by atoms with E-state index in [1.54, 1.807) is 0 Å². The van der Waals surface area contributed by atoms with Crippen LogP contribution in [0.4, 0.5) is 0 Å². The Hall–Kier alpha value is -4.19. The second-order valence-electron chi connectivity index (χ2n) is 16.1. The summed E-state index contributed by atoms with van der Waals surface area (Å²) in [7, 11) is 0. The van der Waals surface area contributed by atoms with Crippen molar-refractivity contribution in [3.63, 3.8) is 0 Å². The number of hydrogen-bond acceptors (Lipinski definition) is 6. The number of ether oxygens (including phenoxy) is 3. The average Bonchev–Trinajstić information content (AvgIpc) is 3.28. The minimum atomic E-state index is -0.806. The molecule has 0 spiro atoms. The first-order valence-electron chi connectivity index (χ1n) is 25.1.